The van der Waals surface area contributed by atoms with Crippen LogP contribution in [0.4, 0.5) is 4.79 Å². The number of amides is 3. The Morgan fingerprint density at radius 3 is 2.04 bits per heavy atom. The van der Waals surface area contributed by atoms with Crippen LogP contribution in [0.3, 0.4) is 0 Å². The fraction of sp³-hybridized carbons (Fsp3) is 0.500. The average Bonchev–Trinajstić information content (AvgIpc) is 2.70. The van der Waals surface area contributed by atoms with Crippen molar-refractivity contribution in [1.29, 1.82) is 0 Å². The lowest BCUT2D eigenvalue weighted by molar-refractivity contribution is -0.0957. The third kappa shape index (κ3) is 4.79. The van der Waals surface area contributed by atoms with Crippen LogP contribution in [-0.2, 0) is 9.57 Å². The highest BCUT2D eigenvalue weighted by Gasteiger charge is 2.36. The number of carbonyl (C=O) groups is 3. The second kappa shape index (κ2) is 6.84. The second-order valence-corrected chi connectivity index (χ2v) is 7.54. The van der Waals surface area contributed by atoms with Crippen molar-refractivity contribution in [3.05, 3.63) is 35.4 Å². The number of ether oxygens (including phenoxy) is 1. The van der Waals surface area contributed by atoms with E-state index in [4.69, 9.17) is 9.57 Å². The number of rotatable bonds is 5. The molecule has 0 bridgehead atoms. The molecule has 0 fully saturated rings. The molecule has 0 spiro atoms. The van der Waals surface area contributed by atoms with Crippen molar-refractivity contribution in [2.24, 2.45) is 0 Å². The van der Waals surface area contributed by atoms with E-state index in [0.29, 0.717) is 17.5 Å². The SMILES string of the molecule is CC(C)(CCON1C(=O)c2ccccc2C1=O)NC(=O)OC(C)(C)C. The normalized spacial score (nSPS) is 14.5. The number of imide groups is 1. The van der Waals surface area contributed by atoms with Gasteiger partial charge in [-0.2, -0.15) is 0 Å². The van der Waals surface area contributed by atoms with E-state index in [1.165, 1.54) is 0 Å². The third-order valence-corrected chi connectivity index (χ3v) is 3.54. The second-order valence-electron chi connectivity index (χ2n) is 7.54. The number of hydrogen-bond acceptors (Lipinski definition) is 5. The average molecular weight is 348 g/mol. The molecule has 1 aromatic rings. The van der Waals surface area contributed by atoms with Gasteiger partial charge in [-0.05, 0) is 53.2 Å². The lowest BCUT2D eigenvalue weighted by atomic mass is 10.0. The fourth-order valence-electron chi connectivity index (χ4n) is 2.32. The molecule has 0 saturated heterocycles. The van der Waals surface area contributed by atoms with Crippen LogP contribution in [0.1, 0.15) is 61.8 Å². The standard InChI is InChI=1S/C18H24N2O5/c1-17(2,3)25-16(23)19-18(4,5)10-11-24-20-14(21)12-8-6-7-9-13(12)15(20)22/h6-9H,10-11H2,1-5H3,(H,19,23). The summed E-state index contributed by atoms with van der Waals surface area (Å²) >= 11 is 0. The summed E-state index contributed by atoms with van der Waals surface area (Å²) in [6.07, 6.45) is -0.141. The number of fused-ring (bicyclic) bond motifs is 1. The van der Waals surface area contributed by atoms with Gasteiger partial charge in [0.15, 0.2) is 0 Å². The Kier molecular flexibility index (Phi) is 5.17. The topological polar surface area (TPSA) is 84.9 Å². The third-order valence-electron chi connectivity index (χ3n) is 3.54. The molecule has 1 aliphatic rings. The van der Waals surface area contributed by atoms with Gasteiger partial charge in [0, 0.05) is 5.54 Å². The molecule has 7 heteroatoms. The van der Waals surface area contributed by atoms with Crippen molar-refractivity contribution in [2.75, 3.05) is 6.61 Å². The van der Waals surface area contributed by atoms with Crippen LogP contribution < -0.4 is 5.32 Å². The highest BCUT2D eigenvalue weighted by molar-refractivity contribution is 6.20. The maximum atomic E-state index is 12.2. The lowest BCUT2D eigenvalue weighted by Crippen LogP contribution is -2.46. The Morgan fingerprint density at radius 2 is 1.56 bits per heavy atom. The van der Waals surface area contributed by atoms with Crippen LogP contribution in [0.5, 0.6) is 0 Å². The summed E-state index contributed by atoms with van der Waals surface area (Å²) in [6, 6.07) is 6.57. The molecule has 0 unspecified atom stereocenters. The van der Waals surface area contributed by atoms with Crippen LogP contribution >= 0.6 is 0 Å². The summed E-state index contributed by atoms with van der Waals surface area (Å²) in [5.41, 5.74) is -0.546. The molecular formula is C18H24N2O5. The first-order chi connectivity index (χ1) is 11.5. The molecule has 0 radical (unpaired) electrons. The highest BCUT2D eigenvalue weighted by atomic mass is 16.7. The number of alkyl carbamates (subject to hydrolysis) is 1. The molecule has 0 atom stereocenters. The molecule has 1 aromatic carbocycles. The summed E-state index contributed by atoms with van der Waals surface area (Å²) in [4.78, 5) is 41.6. The molecule has 0 saturated carbocycles. The molecular weight excluding hydrogens is 324 g/mol. The van der Waals surface area contributed by atoms with Gasteiger partial charge in [-0.3, -0.25) is 14.4 Å². The van der Waals surface area contributed by atoms with E-state index in [1.54, 1.807) is 45.0 Å². The summed E-state index contributed by atoms with van der Waals surface area (Å²) in [5.74, 6) is -0.947. The number of carbonyl (C=O) groups excluding carboxylic acids is 3. The van der Waals surface area contributed by atoms with Crippen LogP contribution in [-0.4, -0.2) is 40.7 Å². The van der Waals surface area contributed by atoms with Crippen LogP contribution in [0, 0.1) is 0 Å². The van der Waals surface area contributed by atoms with E-state index in [2.05, 4.69) is 5.32 Å². The summed E-state index contributed by atoms with van der Waals surface area (Å²) in [6.45, 7) is 9.06. The van der Waals surface area contributed by atoms with Crippen LogP contribution in [0.25, 0.3) is 0 Å². The van der Waals surface area contributed by atoms with E-state index in [-0.39, 0.29) is 6.61 Å². The van der Waals surface area contributed by atoms with Gasteiger partial charge in [-0.25, -0.2) is 4.79 Å². The molecule has 2 rings (SSSR count). The van der Waals surface area contributed by atoms with Crippen molar-refractivity contribution in [3.8, 4) is 0 Å². The number of hydroxylamine groups is 2. The van der Waals surface area contributed by atoms with Crippen molar-refractivity contribution in [1.82, 2.24) is 10.4 Å². The number of nitrogens with zero attached hydrogens (tertiary/aromatic N) is 1. The molecule has 136 valence electrons. The molecule has 1 N–H and O–H groups in total. The maximum absolute atomic E-state index is 12.2. The van der Waals surface area contributed by atoms with E-state index in [9.17, 15) is 14.4 Å². The minimum atomic E-state index is -0.624. The Hall–Kier alpha value is -2.41. The minimum Gasteiger partial charge on any atom is -0.444 e. The Balaban J connectivity index is 1.87. The van der Waals surface area contributed by atoms with Crippen molar-refractivity contribution >= 4 is 17.9 Å². The van der Waals surface area contributed by atoms with E-state index < -0.39 is 29.0 Å². The predicted molar refractivity (Wildman–Crippen MR) is 91.0 cm³/mol. The molecule has 0 aromatic heterocycles. The summed E-state index contributed by atoms with van der Waals surface area (Å²) < 4.78 is 5.22. The first kappa shape index (κ1) is 18.9. The zero-order valence-electron chi connectivity index (χ0n) is 15.2. The first-order valence-corrected chi connectivity index (χ1v) is 8.12. The van der Waals surface area contributed by atoms with Crippen LogP contribution in [0.15, 0.2) is 24.3 Å². The van der Waals surface area contributed by atoms with Gasteiger partial charge in [0.25, 0.3) is 11.8 Å². The lowest BCUT2D eigenvalue weighted by Gasteiger charge is -2.28. The quantitative estimate of drug-likeness (QED) is 0.827. The van der Waals surface area contributed by atoms with Crippen molar-refractivity contribution in [3.63, 3.8) is 0 Å². The molecule has 1 heterocycles. The molecule has 1 aliphatic heterocycles. The zero-order chi connectivity index (χ0) is 18.8. The Bertz CT molecular complexity index is 656. The largest absolute Gasteiger partial charge is 0.444 e. The molecule has 3 amide bonds. The monoisotopic (exact) mass is 348 g/mol. The van der Waals surface area contributed by atoms with Crippen molar-refractivity contribution in [2.45, 2.75) is 52.2 Å². The minimum absolute atomic E-state index is 0.0915. The van der Waals surface area contributed by atoms with Gasteiger partial charge in [0.2, 0.25) is 0 Å². The van der Waals surface area contributed by atoms with E-state index in [0.717, 1.165) is 5.06 Å². The van der Waals surface area contributed by atoms with Gasteiger partial charge in [0.1, 0.15) is 5.60 Å². The van der Waals surface area contributed by atoms with Gasteiger partial charge >= 0.3 is 6.09 Å². The van der Waals surface area contributed by atoms with Crippen molar-refractivity contribution < 1.29 is 24.0 Å². The fourth-order valence-corrected chi connectivity index (χ4v) is 2.32. The van der Waals surface area contributed by atoms with E-state index in [1.807, 2.05) is 13.8 Å². The van der Waals surface area contributed by atoms with Gasteiger partial charge in [0.05, 0.1) is 17.7 Å². The maximum Gasteiger partial charge on any atom is 0.408 e. The van der Waals surface area contributed by atoms with Gasteiger partial charge < -0.3 is 10.1 Å². The number of nitrogens with one attached hydrogen (secondary N) is 1. The smallest absolute Gasteiger partial charge is 0.408 e. The molecule has 7 nitrogen and oxygen atoms in total. The highest BCUT2D eigenvalue weighted by Crippen LogP contribution is 2.23. The zero-order valence-corrected chi connectivity index (χ0v) is 15.2. The van der Waals surface area contributed by atoms with Gasteiger partial charge in [-0.1, -0.05) is 12.1 Å². The molecule has 0 aliphatic carbocycles. The molecule has 25 heavy (non-hydrogen) atoms. The Labute approximate surface area is 147 Å². The van der Waals surface area contributed by atoms with Gasteiger partial charge in [-0.15, -0.1) is 5.06 Å². The summed E-state index contributed by atoms with van der Waals surface area (Å²) in [5, 5.41) is 3.52. The predicted octanol–water partition coefficient (Wildman–Crippen LogP) is 2.91. The first-order valence-electron chi connectivity index (χ1n) is 8.12. The summed E-state index contributed by atoms with van der Waals surface area (Å²) in [7, 11) is 0. The number of benzene rings is 1. The Morgan fingerprint density at radius 1 is 1.04 bits per heavy atom. The van der Waals surface area contributed by atoms with Crippen LogP contribution in [0.2, 0.25) is 0 Å². The number of hydrogen-bond donors (Lipinski definition) is 1. The van der Waals surface area contributed by atoms with E-state index >= 15 is 0 Å².